The van der Waals surface area contributed by atoms with Gasteiger partial charge in [0.2, 0.25) is 15.9 Å². The van der Waals surface area contributed by atoms with Crippen LogP contribution >= 0.6 is 11.3 Å². The van der Waals surface area contributed by atoms with Crippen LogP contribution in [0.4, 0.5) is 0 Å². The Balaban J connectivity index is 1.76. The van der Waals surface area contributed by atoms with Crippen molar-refractivity contribution in [1.29, 1.82) is 0 Å². The molecular weight excluding hydrogens is 272 g/mol. The van der Waals surface area contributed by atoms with Crippen LogP contribution in [0, 0.1) is 5.92 Å². The second-order valence-electron chi connectivity index (χ2n) is 4.51. The molecule has 1 saturated carbocycles. The zero-order chi connectivity index (χ0) is 13.2. The van der Waals surface area contributed by atoms with Crippen molar-refractivity contribution in [3.63, 3.8) is 0 Å². The lowest BCUT2D eigenvalue weighted by atomic mass is 10.2. The minimum atomic E-state index is -3.60. The molecule has 1 fully saturated rings. The van der Waals surface area contributed by atoms with Gasteiger partial charge in [0, 0.05) is 17.8 Å². The number of nitrogens with one attached hydrogen (secondary N) is 1. The zero-order valence-corrected chi connectivity index (χ0v) is 11.5. The van der Waals surface area contributed by atoms with Crippen molar-refractivity contribution >= 4 is 27.3 Å². The van der Waals surface area contributed by atoms with Gasteiger partial charge in [-0.3, -0.25) is 4.79 Å². The van der Waals surface area contributed by atoms with E-state index in [1.54, 1.807) is 6.07 Å². The average Bonchev–Trinajstić information content (AvgIpc) is 2.93. The second-order valence-corrected chi connectivity index (χ2v) is 7.47. The Morgan fingerprint density at radius 2 is 2.17 bits per heavy atom. The van der Waals surface area contributed by atoms with Gasteiger partial charge in [0.15, 0.2) is 0 Å². The molecule has 100 valence electrons. The van der Waals surface area contributed by atoms with E-state index in [1.807, 2.05) is 0 Å². The van der Waals surface area contributed by atoms with Crippen LogP contribution in [0.1, 0.15) is 24.1 Å². The molecule has 0 atom stereocenters. The van der Waals surface area contributed by atoms with E-state index in [4.69, 9.17) is 5.14 Å². The molecule has 0 aromatic carbocycles. The van der Waals surface area contributed by atoms with Gasteiger partial charge in [-0.1, -0.05) is 0 Å². The molecule has 1 amide bonds. The molecule has 0 unspecified atom stereocenters. The summed E-state index contributed by atoms with van der Waals surface area (Å²) in [6.07, 6.45) is 3.58. The first kappa shape index (κ1) is 13.5. The van der Waals surface area contributed by atoms with Crippen molar-refractivity contribution in [3.05, 3.63) is 17.0 Å². The summed E-state index contributed by atoms with van der Waals surface area (Å²) in [5.41, 5.74) is 0. The van der Waals surface area contributed by atoms with Crippen LogP contribution in [0.25, 0.3) is 0 Å². The highest BCUT2D eigenvalue weighted by molar-refractivity contribution is 7.91. The van der Waals surface area contributed by atoms with Crippen LogP contribution in [0.2, 0.25) is 0 Å². The van der Waals surface area contributed by atoms with Gasteiger partial charge >= 0.3 is 0 Å². The molecule has 2 rings (SSSR count). The van der Waals surface area contributed by atoms with E-state index in [0.717, 1.165) is 29.1 Å². The third kappa shape index (κ3) is 4.08. The predicted octanol–water partition coefficient (Wildman–Crippen LogP) is 0.854. The lowest BCUT2D eigenvalue weighted by molar-refractivity contribution is -0.121. The minimum Gasteiger partial charge on any atom is -0.356 e. The Labute approximate surface area is 110 Å². The number of nitrogens with two attached hydrogens (primary N) is 1. The summed E-state index contributed by atoms with van der Waals surface area (Å²) in [6.45, 7) is 0.538. The Kier molecular flexibility index (Phi) is 4.04. The van der Waals surface area contributed by atoms with Gasteiger partial charge in [0.1, 0.15) is 4.21 Å². The maximum atomic E-state index is 11.4. The number of thiophene rings is 1. The normalized spacial score (nSPS) is 15.6. The third-order valence-corrected chi connectivity index (χ3v) is 5.37. The fourth-order valence-corrected chi connectivity index (χ4v) is 3.41. The van der Waals surface area contributed by atoms with Gasteiger partial charge < -0.3 is 5.32 Å². The van der Waals surface area contributed by atoms with Gasteiger partial charge in [0.25, 0.3) is 0 Å². The van der Waals surface area contributed by atoms with Gasteiger partial charge in [-0.15, -0.1) is 11.3 Å². The lowest BCUT2D eigenvalue weighted by Gasteiger charge is -2.02. The van der Waals surface area contributed by atoms with Crippen molar-refractivity contribution in [3.8, 4) is 0 Å². The Morgan fingerprint density at radius 3 is 2.72 bits per heavy atom. The summed E-state index contributed by atoms with van der Waals surface area (Å²) in [4.78, 5) is 12.3. The SMILES string of the molecule is NS(=O)(=O)c1ccc(CCNC(=O)CC2CC2)s1. The highest BCUT2D eigenvalue weighted by Gasteiger charge is 2.24. The van der Waals surface area contributed by atoms with Crippen LogP contribution in [0.3, 0.4) is 0 Å². The standard InChI is InChI=1S/C11H16N2O3S2/c12-18(15,16)11-4-3-9(17-11)5-6-13-10(14)7-8-1-2-8/h3-4,8H,1-2,5-7H2,(H,13,14)(H2,12,15,16). The maximum Gasteiger partial charge on any atom is 0.247 e. The number of amides is 1. The smallest absolute Gasteiger partial charge is 0.247 e. The molecular formula is C11H16N2O3S2. The molecule has 1 heterocycles. The molecule has 1 aliphatic carbocycles. The molecule has 0 saturated heterocycles. The summed E-state index contributed by atoms with van der Waals surface area (Å²) in [5.74, 6) is 0.668. The highest BCUT2D eigenvalue weighted by Crippen LogP contribution is 2.32. The molecule has 18 heavy (non-hydrogen) atoms. The van der Waals surface area contributed by atoms with E-state index < -0.39 is 10.0 Å². The average molecular weight is 288 g/mol. The summed E-state index contributed by atoms with van der Waals surface area (Å²) < 4.78 is 22.3. The first-order valence-corrected chi connectivity index (χ1v) is 8.19. The van der Waals surface area contributed by atoms with Crippen molar-refractivity contribution in [1.82, 2.24) is 5.32 Å². The monoisotopic (exact) mass is 288 g/mol. The fourth-order valence-electron chi connectivity index (χ4n) is 1.63. The molecule has 1 aliphatic rings. The second kappa shape index (κ2) is 5.38. The molecule has 0 spiro atoms. The number of sulfonamides is 1. The summed E-state index contributed by atoms with van der Waals surface area (Å²) in [5, 5.41) is 7.86. The first-order valence-electron chi connectivity index (χ1n) is 5.83. The van der Waals surface area contributed by atoms with E-state index in [2.05, 4.69) is 5.32 Å². The fraction of sp³-hybridized carbons (Fsp3) is 0.545. The Bertz CT molecular complexity index is 532. The highest BCUT2D eigenvalue weighted by atomic mass is 32.2. The quantitative estimate of drug-likeness (QED) is 0.813. The van der Waals surface area contributed by atoms with Gasteiger partial charge in [-0.2, -0.15) is 0 Å². The van der Waals surface area contributed by atoms with Crippen molar-refractivity contribution in [2.75, 3.05) is 6.54 Å². The molecule has 0 bridgehead atoms. The molecule has 0 radical (unpaired) electrons. The van der Waals surface area contributed by atoms with Crippen LogP contribution in [0.15, 0.2) is 16.3 Å². The van der Waals surface area contributed by atoms with E-state index >= 15 is 0 Å². The van der Waals surface area contributed by atoms with E-state index in [0.29, 0.717) is 25.3 Å². The van der Waals surface area contributed by atoms with Crippen molar-refractivity contribution in [2.24, 2.45) is 11.1 Å². The topological polar surface area (TPSA) is 89.3 Å². The number of carbonyl (C=O) groups excluding carboxylic acids is 1. The summed E-state index contributed by atoms with van der Waals surface area (Å²) in [6, 6.07) is 3.23. The van der Waals surface area contributed by atoms with Crippen molar-refractivity contribution < 1.29 is 13.2 Å². The molecule has 1 aromatic heterocycles. The van der Waals surface area contributed by atoms with Gasteiger partial charge in [0.05, 0.1) is 0 Å². The molecule has 1 aromatic rings. The maximum absolute atomic E-state index is 11.4. The lowest BCUT2D eigenvalue weighted by Crippen LogP contribution is -2.25. The van der Waals surface area contributed by atoms with Crippen LogP contribution < -0.4 is 10.5 Å². The predicted molar refractivity (Wildman–Crippen MR) is 69.7 cm³/mol. The van der Waals surface area contributed by atoms with E-state index in [-0.39, 0.29) is 10.1 Å². The van der Waals surface area contributed by atoms with E-state index in [1.165, 1.54) is 6.07 Å². The van der Waals surface area contributed by atoms with Crippen LogP contribution in [-0.4, -0.2) is 20.9 Å². The van der Waals surface area contributed by atoms with Gasteiger partial charge in [-0.25, -0.2) is 13.6 Å². The minimum absolute atomic E-state index is 0.0840. The molecule has 7 heteroatoms. The Hall–Kier alpha value is -0.920. The number of rotatable bonds is 6. The first-order chi connectivity index (χ1) is 8.45. The number of hydrogen-bond donors (Lipinski definition) is 2. The molecule has 3 N–H and O–H groups in total. The van der Waals surface area contributed by atoms with Crippen LogP contribution in [-0.2, 0) is 21.2 Å². The molecule has 5 nitrogen and oxygen atoms in total. The third-order valence-electron chi connectivity index (χ3n) is 2.78. The largest absolute Gasteiger partial charge is 0.356 e. The number of carbonyl (C=O) groups is 1. The van der Waals surface area contributed by atoms with Gasteiger partial charge in [-0.05, 0) is 37.3 Å². The number of primary sulfonamides is 1. The summed E-state index contributed by atoms with van der Waals surface area (Å²) in [7, 11) is -3.60. The van der Waals surface area contributed by atoms with Crippen LogP contribution in [0.5, 0.6) is 0 Å². The number of hydrogen-bond acceptors (Lipinski definition) is 4. The molecule has 0 aliphatic heterocycles. The van der Waals surface area contributed by atoms with Crippen molar-refractivity contribution in [2.45, 2.75) is 29.9 Å². The van der Waals surface area contributed by atoms with E-state index in [9.17, 15) is 13.2 Å². The summed E-state index contributed by atoms with van der Waals surface area (Å²) >= 11 is 1.15. The zero-order valence-electron chi connectivity index (χ0n) is 9.89. The Morgan fingerprint density at radius 1 is 1.44 bits per heavy atom.